The molecule has 0 spiro atoms. The lowest BCUT2D eigenvalue weighted by Gasteiger charge is -2.41. The van der Waals surface area contributed by atoms with Gasteiger partial charge in [0.05, 0.1) is 12.0 Å². The molecule has 0 amide bonds. The molecule has 6 atom stereocenters. The molecule has 1 aliphatic rings. The van der Waals surface area contributed by atoms with Gasteiger partial charge < -0.3 is 9.16 Å². The number of Topliss-reactive ketones (excluding diaryl/α,β-unsaturated/α-hetero) is 1. The van der Waals surface area contributed by atoms with Crippen molar-refractivity contribution in [3.8, 4) is 0 Å². The van der Waals surface area contributed by atoms with Gasteiger partial charge in [0.25, 0.3) is 0 Å². The monoisotopic (exact) mass is 450 g/mol. The number of allylic oxidation sites excluding steroid dienone is 2. The highest BCUT2D eigenvalue weighted by Crippen LogP contribution is 2.39. The van der Waals surface area contributed by atoms with Crippen LogP contribution < -0.4 is 0 Å². The van der Waals surface area contributed by atoms with Gasteiger partial charge in [0.2, 0.25) is 0 Å². The van der Waals surface area contributed by atoms with E-state index in [0.717, 1.165) is 24.0 Å². The number of cyclic esters (lactones) is 1. The minimum Gasteiger partial charge on any atom is -0.461 e. The van der Waals surface area contributed by atoms with Crippen molar-refractivity contribution in [2.75, 3.05) is 0 Å². The van der Waals surface area contributed by atoms with Crippen molar-refractivity contribution in [2.24, 2.45) is 23.7 Å². The quantitative estimate of drug-likeness (QED) is 0.199. The molecule has 0 radical (unpaired) electrons. The summed E-state index contributed by atoms with van der Waals surface area (Å²) >= 11 is 0. The fourth-order valence-electron chi connectivity index (χ4n) is 4.01. The molecule has 1 heterocycles. The molecule has 1 aliphatic heterocycles. The zero-order valence-corrected chi connectivity index (χ0v) is 22.8. The van der Waals surface area contributed by atoms with Gasteiger partial charge in [-0.05, 0) is 56.3 Å². The van der Waals surface area contributed by atoms with Crippen LogP contribution in [0.2, 0.25) is 18.1 Å². The maximum atomic E-state index is 13.3. The Morgan fingerprint density at radius 1 is 1.26 bits per heavy atom. The summed E-state index contributed by atoms with van der Waals surface area (Å²) < 4.78 is 12.0. The third kappa shape index (κ3) is 6.89. The molecule has 1 rings (SSSR count). The molecule has 0 aromatic heterocycles. The largest absolute Gasteiger partial charge is 0.461 e. The van der Waals surface area contributed by atoms with E-state index < -0.39 is 8.32 Å². The Bertz CT molecular complexity index is 701. The first-order valence-corrected chi connectivity index (χ1v) is 14.7. The predicted molar refractivity (Wildman–Crippen MR) is 131 cm³/mol. The standard InChI is InChI=1S/C26H46O4Si/c1-13-17(3)24(30-31(11,12)26(8,9)10)20(6)22(27)18(4)14-16(2)15-19(5)23-21(7)25(28)29-23/h14,18-21,23-24H,3,13,15H2,1-2,4-12H3/t18-,19+,20-,21+,23+,24-/m0/s1. The van der Waals surface area contributed by atoms with Crippen LogP contribution in [0.1, 0.15) is 75.2 Å². The Kier molecular flexibility index (Phi) is 9.52. The third-order valence-corrected chi connectivity index (χ3v) is 11.7. The van der Waals surface area contributed by atoms with Crippen molar-refractivity contribution in [3.63, 3.8) is 0 Å². The van der Waals surface area contributed by atoms with Crippen molar-refractivity contribution < 1.29 is 18.8 Å². The van der Waals surface area contributed by atoms with Gasteiger partial charge in [-0.3, -0.25) is 9.59 Å². The van der Waals surface area contributed by atoms with Crippen LogP contribution in [0, 0.1) is 23.7 Å². The molecule has 0 unspecified atom stereocenters. The molecule has 0 aromatic rings. The zero-order chi connectivity index (χ0) is 24.3. The van der Waals surface area contributed by atoms with Crippen LogP contribution in [0.5, 0.6) is 0 Å². The number of esters is 1. The second kappa shape index (κ2) is 10.6. The van der Waals surface area contributed by atoms with Crippen molar-refractivity contribution in [1.29, 1.82) is 0 Å². The second-order valence-electron chi connectivity index (χ2n) is 11.2. The summed E-state index contributed by atoms with van der Waals surface area (Å²) in [5.41, 5.74) is 2.15. The molecule has 0 N–H and O–H groups in total. The van der Waals surface area contributed by atoms with E-state index in [2.05, 4.69) is 67.3 Å². The molecule has 0 aromatic carbocycles. The van der Waals surface area contributed by atoms with Gasteiger partial charge >= 0.3 is 5.97 Å². The van der Waals surface area contributed by atoms with E-state index in [1.54, 1.807) is 0 Å². The summed E-state index contributed by atoms with van der Waals surface area (Å²) in [6.07, 6.45) is 3.42. The Balaban J connectivity index is 2.89. The molecule has 4 nitrogen and oxygen atoms in total. The first kappa shape index (κ1) is 27.8. The molecule has 31 heavy (non-hydrogen) atoms. The molecular formula is C26H46O4Si. The van der Waals surface area contributed by atoms with Gasteiger partial charge in [0.1, 0.15) is 11.9 Å². The fraction of sp³-hybridized carbons (Fsp3) is 0.769. The first-order valence-electron chi connectivity index (χ1n) is 11.8. The summed E-state index contributed by atoms with van der Waals surface area (Å²) in [7, 11) is -2.04. The highest BCUT2D eigenvalue weighted by atomic mass is 28.4. The molecule has 5 heteroatoms. The molecule has 0 saturated carbocycles. The highest BCUT2D eigenvalue weighted by molar-refractivity contribution is 6.74. The molecule has 1 saturated heterocycles. The fourth-order valence-corrected chi connectivity index (χ4v) is 5.37. The van der Waals surface area contributed by atoms with E-state index in [-0.39, 0.29) is 52.7 Å². The summed E-state index contributed by atoms with van der Waals surface area (Å²) in [5.74, 6) is -0.147. The maximum Gasteiger partial charge on any atom is 0.312 e. The lowest BCUT2D eigenvalue weighted by Crippen LogP contribution is -2.47. The van der Waals surface area contributed by atoms with Gasteiger partial charge in [-0.1, -0.05) is 66.7 Å². The maximum absolute atomic E-state index is 13.3. The van der Waals surface area contributed by atoms with Crippen LogP contribution in [0.4, 0.5) is 0 Å². The molecule has 178 valence electrons. The van der Waals surface area contributed by atoms with Crippen LogP contribution in [0.15, 0.2) is 23.8 Å². The van der Waals surface area contributed by atoms with Crippen LogP contribution in [0.25, 0.3) is 0 Å². The van der Waals surface area contributed by atoms with E-state index in [4.69, 9.17) is 9.16 Å². The summed E-state index contributed by atoms with van der Waals surface area (Å²) in [6, 6.07) is 0. The Morgan fingerprint density at radius 3 is 2.23 bits per heavy atom. The Morgan fingerprint density at radius 2 is 1.81 bits per heavy atom. The lowest BCUT2D eigenvalue weighted by molar-refractivity contribution is -0.188. The van der Waals surface area contributed by atoms with Crippen molar-refractivity contribution in [2.45, 2.75) is 105 Å². The molecular weight excluding hydrogens is 404 g/mol. The van der Waals surface area contributed by atoms with Gasteiger partial charge in [-0.2, -0.15) is 0 Å². The lowest BCUT2D eigenvalue weighted by atomic mass is 9.83. The number of hydrogen-bond donors (Lipinski definition) is 0. The third-order valence-electron chi connectivity index (χ3n) is 7.29. The van der Waals surface area contributed by atoms with Crippen molar-refractivity contribution in [1.82, 2.24) is 0 Å². The average Bonchev–Trinajstić information content (AvgIpc) is 2.66. The Hall–Kier alpha value is -1.20. The first-order chi connectivity index (χ1) is 14.0. The van der Waals surface area contributed by atoms with E-state index in [1.807, 2.05) is 20.8 Å². The normalized spacial score (nSPS) is 24.0. The predicted octanol–water partition coefficient (Wildman–Crippen LogP) is 6.72. The van der Waals surface area contributed by atoms with E-state index >= 15 is 0 Å². The molecule has 1 fully saturated rings. The number of carbonyl (C=O) groups excluding carboxylic acids is 2. The van der Waals surface area contributed by atoms with Gasteiger partial charge in [-0.15, -0.1) is 0 Å². The number of rotatable bonds is 11. The van der Waals surface area contributed by atoms with Crippen LogP contribution in [-0.4, -0.2) is 32.3 Å². The smallest absolute Gasteiger partial charge is 0.312 e. The minimum atomic E-state index is -2.04. The number of ketones is 1. The summed E-state index contributed by atoms with van der Waals surface area (Å²) in [6.45, 7) is 27.5. The second-order valence-corrected chi connectivity index (χ2v) is 15.9. The van der Waals surface area contributed by atoms with Crippen molar-refractivity contribution >= 4 is 20.1 Å². The number of ether oxygens (including phenoxy) is 1. The number of carbonyl (C=O) groups is 2. The Labute approximate surface area is 192 Å². The van der Waals surface area contributed by atoms with Gasteiger partial charge in [0, 0.05) is 11.8 Å². The van der Waals surface area contributed by atoms with E-state index in [1.165, 1.54) is 0 Å². The van der Waals surface area contributed by atoms with Crippen LogP contribution >= 0.6 is 0 Å². The van der Waals surface area contributed by atoms with Gasteiger partial charge in [-0.25, -0.2) is 0 Å². The SMILES string of the molecule is C=C(CC)[C@H](O[Si](C)(C)C(C)(C)C)[C@@H](C)C(=O)[C@@H](C)C=C(C)C[C@@H](C)[C@H]1OC(=O)[C@@H]1C. The summed E-state index contributed by atoms with van der Waals surface area (Å²) in [5, 5.41) is 0.0718. The summed E-state index contributed by atoms with van der Waals surface area (Å²) in [4.78, 5) is 24.7. The number of hydrogen-bond acceptors (Lipinski definition) is 4. The van der Waals surface area contributed by atoms with Crippen molar-refractivity contribution in [3.05, 3.63) is 23.8 Å². The molecule has 0 bridgehead atoms. The highest BCUT2D eigenvalue weighted by Gasteiger charge is 2.43. The minimum absolute atomic E-state index is 0.0176. The zero-order valence-electron chi connectivity index (χ0n) is 21.8. The van der Waals surface area contributed by atoms with Crippen LogP contribution in [-0.2, 0) is 18.8 Å². The molecule has 0 aliphatic carbocycles. The van der Waals surface area contributed by atoms with E-state index in [9.17, 15) is 9.59 Å². The average molecular weight is 451 g/mol. The van der Waals surface area contributed by atoms with Crippen LogP contribution in [0.3, 0.4) is 0 Å². The topological polar surface area (TPSA) is 52.6 Å². The van der Waals surface area contributed by atoms with E-state index in [0.29, 0.717) is 0 Å². The van der Waals surface area contributed by atoms with Gasteiger partial charge in [0.15, 0.2) is 8.32 Å².